The lowest BCUT2D eigenvalue weighted by Crippen LogP contribution is -2.44. The van der Waals surface area contributed by atoms with E-state index in [1.54, 1.807) is 0 Å². The van der Waals surface area contributed by atoms with Gasteiger partial charge in [0.2, 0.25) is 0 Å². The van der Waals surface area contributed by atoms with Gasteiger partial charge in [-0.1, -0.05) is 40.5 Å². The van der Waals surface area contributed by atoms with Crippen molar-refractivity contribution in [3.05, 3.63) is 0 Å². The van der Waals surface area contributed by atoms with Crippen LogP contribution in [0.2, 0.25) is 0 Å². The molecule has 0 radical (unpaired) electrons. The summed E-state index contributed by atoms with van der Waals surface area (Å²) in [5, 5.41) is 0. The third kappa shape index (κ3) is 4.57. The highest BCUT2D eigenvalue weighted by Gasteiger charge is 2.30. The molecule has 0 spiro atoms. The van der Waals surface area contributed by atoms with Gasteiger partial charge in [-0.2, -0.15) is 0 Å². The van der Waals surface area contributed by atoms with E-state index in [1.165, 1.54) is 49.7 Å². The molecule has 1 aliphatic rings. The summed E-state index contributed by atoms with van der Waals surface area (Å²) in [5.41, 5.74) is 0. The average Bonchev–Trinajstić information content (AvgIpc) is 2.32. The molecule has 0 aromatic rings. The molecule has 4 atom stereocenters. The van der Waals surface area contributed by atoms with Crippen molar-refractivity contribution in [2.24, 2.45) is 23.7 Å². The van der Waals surface area contributed by atoms with Gasteiger partial charge in [0, 0.05) is 0 Å². The predicted molar refractivity (Wildman–Crippen MR) is 81.6 cm³/mol. The summed E-state index contributed by atoms with van der Waals surface area (Å²) < 4.78 is 1.23. The zero-order valence-corrected chi connectivity index (χ0v) is 13.7. The Bertz CT molecular complexity index is 234. The SMILES string of the molecule is CCC(C1CC[N+](C)(C)CCC(C)C1)[C@H](C)CC. The van der Waals surface area contributed by atoms with Crippen LogP contribution in [0.1, 0.15) is 59.8 Å². The zero-order chi connectivity index (χ0) is 13.8. The van der Waals surface area contributed by atoms with Gasteiger partial charge >= 0.3 is 0 Å². The lowest BCUT2D eigenvalue weighted by atomic mass is 9.73. The highest BCUT2D eigenvalue weighted by atomic mass is 15.3. The minimum atomic E-state index is 0.905. The van der Waals surface area contributed by atoms with Crippen molar-refractivity contribution in [3.63, 3.8) is 0 Å². The molecule has 1 nitrogen and oxygen atoms in total. The van der Waals surface area contributed by atoms with E-state index in [-0.39, 0.29) is 0 Å². The van der Waals surface area contributed by atoms with Crippen LogP contribution < -0.4 is 0 Å². The molecular weight excluding hydrogens is 218 g/mol. The van der Waals surface area contributed by atoms with Crippen LogP contribution in [0.4, 0.5) is 0 Å². The molecule has 0 aromatic heterocycles. The van der Waals surface area contributed by atoms with E-state index in [9.17, 15) is 0 Å². The average molecular weight is 254 g/mol. The summed E-state index contributed by atoms with van der Waals surface area (Å²) >= 11 is 0. The monoisotopic (exact) mass is 254 g/mol. The largest absolute Gasteiger partial charge is 0.328 e. The maximum atomic E-state index is 2.47. The summed E-state index contributed by atoms with van der Waals surface area (Å²) in [4.78, 5) is 0. The van der Waals surface area contributed by atoms with Crippen LogP contribution in [0.25, 0.3) is 0 Å². The summed E-state index contributed by atoms with van der Waals surface area (Å²) in [7, 11) is 4.83. The first-order chi connectivity index (χ1) is 8.39. The Hall–Kier alpha value is -0.0400. The van der Waals surface area contributed by atoms with Crippen molar-refractivity contribution in [3.8, 4) is 0 Å². The zero-order valence-electron chi connectivity index (χ0n) is 13.7. The second-order valence-corrected chi connectivity index (χ2v) is 7.52. The molecule has 1 heteroatoms. The van der Waals surface area contributed by atoms with E-state index in [0.717, 1.165) is 23.7 Å². The number of hydrogen-bond donors (Lipinski definition) is 0. The van der Waals surface area contributed by atoms with Gasteiger partial charge in [-0.05, 0) is 42.9 Å². The number of likely N-dealkylation sites (tertiary alicyclic amines) is 1. The first-order valence-corrected chi connectivity index (χ1v) is 8.21. The quantitative estimate of drug-likeness (QED) is 0.645. The molecule has 1 fully saturated rings. The Morgan fingerprint density at radius 1 is 1.06 bits per heavy atom. The van der Waals surface area contributed by atoms with Crippen molar-refractivity contribution in [2.75, 3.05) is 27.2 Å². The molecule has 0 saturated carbocycles. The fourth-order valence-electron chi connectivity index (χ4n) is 3.84. The number of nitrogens with zero attached hydrogens (tertiary/aromatic N) is 1. The van der Waals surface area contributed by atoms with Gasteiger partial charge in [0.1, 0.15) is 0 Å². The molecule has 18 heavy (non-hydrogen) atoms. The van der Waals surface area contributed by atoms with Gasteiger partial charge in [-0.15, -0.1) is 0 Å². The molecule has 1 aliphatic heterocycles. The van der Waals surface area contributed by atoms with Crippen molar-refractivity contribution in [1.82, 2.24) is 0 Å². The molecule has 0 amide bonds. The van der Waals surface area contributed by atoms with Gasteiger partial charge < -0.3 is 4.48 Å². The van der Waals surface area contributed by atoms with Crippen molar-refractivity contribution >= 4 is 0 Å². The third-order valence-corrected chi connectivity index (χ3v) is 5.49. The Morgan fingerprint density at radius 2 is 1.67 bits per heavy atom. The summed E-state index contributed by atoms with van der Waals surface area (Å²) in [6, 6.07) is 0. The van der Waals surface area contributed by atoms with E-state index in [1.807, 2.05) is 0 Å². The van der Waals surface area contributed by atoms with Crippen LogP contribution in [-0.4, -0.2) is 31.7 Å². The number of hydrogen-bond acceptors (Lipinski definition) is 0. The fraction of sp³-hybridized carbons (Fsp3) is 1.00. The molecule has 0 bridgehead atoms. The van der Waals surface area contributed by atoms with Crippen LogP contribution in [-0.2, 0) is 0 Å². The molecule has 108 valence electrons. The lowest BCUT2D eigenvalue weighted by Gasteiger charge is -2.39. The highest BCUT2D eigenvalue weighted by molar-refractivity contribution is 4.76. The van der Waals surface area contributed by atoms with Crippen molar-refractivity contribution in [1.29, 1.82) is 0 Å². The van der Waals surface area contributed by atoms with Gasteiger partial charge in [0.15, 0.2) is 0 Å². The lowest BCUT2D eigenvalue weighted by molar-refractivity contribution is -0.892. The van der Waals surface area contributed by atoms with E-state index >= 15 is 0 Å². The molecule has 1 saturated heterocycles. The molecule has 0 aromatic carbocycles. The summed E-state index contributed by atoms with van der Waals surface area (Å²) in [6.07, 6.45) is 7.06. The van der Waals surface area contributed by atoms with E-state index in [2.05, 4.69) is 41.8 Å². The second kappa shape index (κ2) is 6.93. The molecular formula is C17H36N+. The van der Waals surface area contributed by atoms with Crippen LogP contribution in [0, 0.1) is 23.7 Å². The smallest absolute Gasteiger partial charge is 0.0785 e. The Balaban J connectivity index is 2.72. The first-order valence-electron chi connectivity index (χ1n) is 8.21. The molecule has 0 aliphatic carbocycles. The van der Waals surface area contributed by atoms with Crippen LogP contribution >= 0.6 is 0 Å². The highest BCUT2D eigenvalue weighted by Crippen LogP contribution is 2.36. The molecule has 0 N–H and O–H groups in total. The maximum absolute atomic E-state index is 2.47. The summed E-state index contributed by atoms with van der Waals surface area (Å²) in [6.45, 7) is 12.5. The number of quaternary nitrogens is 1. The fourth-order valence-corrected chi connectivity index (χ4v) is 3.84. The van der Waals surface area contributed by atoms with Gasteiger partial charge in [0.25, 0.3) is 0 Å². The summed E-state index contributed by atoms with van der Waals surface area (Å²) in [5.74, 6) is 3.75. The minimum absolute atomic E-state index is 0.905. The standard InChI is InChI=1S/C17H36N/c1-7-15(4)17(8-2)16-10-12-18(5,6)11-9-14(3)13-16/h14-17H,7-13H2,1-6H3/q+1/t14?,15-,16?,17?/m1/s1. The van der Waals surface area contributed by atoms with Crippen molar-refractivity contribution in [2.45, 2.75) is 59.8 Å². The topological polar surface area (TPSA) is 0 Å². The molecule has 3 unspecified atom stereocenters. The molecule has 1 heterocycles. The third-order valence-electron chi connectivity index (χ3n) is 5.49. The number of rotatable bonds is 4. The maximum Gasteiger partial charge on any atom is 0.0785 e. The van der Waals surface area contributed by atoms with Crippen LogP contribution in [0.15, 0.2) is 0 Å². The minimum Gasteiger partial charge on any atom is -0.328 e. The van der Waals surface area contributed by atoms with Crippen molar-refractivity contribution < 1.29 is 4.48 Å². The van der Waals surface area contributed by atoms with Crippen LogP contribution in [0.5, 0.6) is 0 Å². The first kappa shape index (κ1) is 16.0. The van der Waals surface area contributed by atoms with E-state index < -0.39 is 0 Å². The van der Waals surface area contributed by atoms with Gasteiger partial charge in [-0.25, -0.2) is 0 Å². The Morgan fingerprint density at radius 3 is 2.22 bits per heavy atom. The van der Waals surface area contributed by atoms with Gasteiger partial charge in [0.05, 0.1) is 27.2 Å². The molecule has 1 rings (SSSR count). The van der Waals surface area contributed by atoms with E-state index in [0.29, 0.717) is 0 Å². The normalized spacial score (nSPS) is 32.3. The van der Waals surface area contributed by atoms with E-state index in [4.69, 9.17) is 0 Å². The van der Waals surface area contributed by atoms with Gasteiger partial charge in [-0.3, -0.25) is 0 Å². The Labute approximate surface area is 116 Å². The Kier molecular flexibility index (Phi) is 6.17. The predicted octanol–water partition coefficient (Wildman–Crippen LogP) is 4.57. The van der Waals surface area contributed by atoms with Crippen LogP contribution in [0.3, 0.4) is 0 Å². The second-order valence-electron chi connectivity index (χ2n) is 7.52.